The highest BCUT2D eigenvalue weighted by molar-refractivity contribution is 6.06. The van der Waals surface area contributed by atoms with Gasteiger partial charge in [-0.05, 0) is 43.7 Å². The number of morpholine rings is 1. The molecule has 40 heavy (non-hydrogen) atoms. The van der Waals surface area contributed by atoms with Crippen molar-refractivity contribution in [3.63, 3.8) is 0 Å². The van der Waals surface area contributed by atoms with Gasteiger partial charge in [-0.15, -0.1) is 0 Å². The minimum Gasteiger partial charge on any atom is -0.380 e. The van der Waals surface area contributed by atoms with Crippen molar-refractivity contribution in [1.82, 2.24) is 19.0 Å². The van der Waals surface area contributed by atoms with E-state index in [0.717, 1.165) is 44.6 Å². The summed E-state index contributed by atoms with van der Waals surface area (Å²) in [4.78, 5) is 32.4. The Morgan fingerprint density at radius 3 is 2.45 bits per heavy atom. The summed E-state index contributed by atoms with van der Waals surface area (Å²) in [5, 5.41) is 5.33. The Morgan fingerprint density at radius 2 is 1.70 bits per heavy atom. The Balaban J connectivity index is 1.49. The maximum atomic E-state index is 13.3. The second kappa shape index (κ2) is 10.5. The quantitative estimate of drug-likeness (QED) is 0.325. The largest absolute Gasteiger partial charge is 0.380 e. The average Bonchev–Trinajstić information content (AvgIpc) is 3.47. The second-order valence-corrected chi connectivity index (χ2v) is 10.2. The van der Waals surface area contributed by atoms with Gasteiger partial charge in [0.05, 0.1) is 18.7 Å². The van der Waals surface area contributed by atoms with Gasteiger partial charge in [0.25, 0.3) is 0 Å². The van der Waals surface area contributed by atoms with Gasteiger partial charge in [-0.25, -0.2) is 4.98 Å². The van der Waals surface area contributed by atoms with Crippen molar-refractivity contribution in [3.05, 3.63) is 89.2 Å². The van der Waals surface area contributed by atoms with E-state index in [1.165, 1.54) is 0 Å². The van der Waals surface area contributed by atoms with E-state index in [-0.39, 0.29) is 12.5 Å². The van der Waals surface area contributed by atoms with Crippen LogP contribution in [0.15, 0.2) is 66.7 Å². The molecule has 1 aliphatic rings. The van der Waals surface area contributed by atoms with E-state index in [0.29, 0.717) is 44.2 Å². The van der Waals surface area contributed by atoms with Gasteiger partial charge in [-0.3, -0.25) is 14.2 Å². The zero-order valence-electron chi connectivity index (χ0n) is 22.7. The van der Waals surface area contributed by atoms with Gasteiger partial charge >= 0.3 is 0 Å². The monoisotopic (exact) mass is 536 g/mol. The van der Waals surface area contributed by atoms with Crippen LogP contribution in [0.2, 0.25) is 0 Å². The Hall–Kier alpha value is -4.63. The first kappa shape index (κ1) is 25.6. The lowest BCUT2D eigenvalue weighted by molar-refractivity contribution is -0.135. The highest BCUT2D eigenvalue weighted by Gasteiger charge is 2.22. The van der Waals surface area contributed by atoms with Gasteiger partial charge in [0.15, 0.2) is 0 Å². The summed E-state index contributed by atoms with van der Waals surface area (Å²) in [5.74, 6) is 0.265. The number of aromatic nitrogens is 3. The molecule has 3 aromatic heterocycles. The minimum atomic E-state index is -0.470. The molecule has 1 fully saturated rings. The van der Waals surface area contributed by atoms with E-state index in [4.69, 9.17) is 15.5 Å². The zero-order valence-corrected chi connectivity index (χ0v) is 22.7. The van der Waals surface area contributed by atoms with E-state index in [1.54, 1.807) is 6.07 Å². The number of aryl methyl sites for hydroxylation is 2. The number of nitrogens with one attached hydrogen (secondary N) is 1. The van der Waals surface area contributed by atoms with Crippen LogP contribution in [0, 0.1) is 13.8 Å². The molecule has 5 aromatic rings. The number of ether oxygens (including phenoxy) is 1. The summed E-state index contributed by atoms with van der Waals surface area (Å²) in [7, 11) is 0. The Bertz CT molecular complexity index is 1730. The molecule has 0 bridgehead atoms. The maximum Gasteiger partial charge on any atom is 0.249 e. The molecule has 2 aromatic carbocycles. The first-order valence-corrected chi connectivity index (χ1v) is 13.5. The number of benzene rings is 2. The molecular formula is C31H32N6O3. The van der Waals surface area contributed by atoms with Gasteiger partial charge in [0.2, 0.25) is 11.8 Å². The molecule has 2 amide bonds. The van der Waals surface area contributed by atoms with Crippen LogP contribution in [-0.4, -0.2) is 57.1 Å². The number of pyridine rings is 1. The third-order valence-electron chi connectivity index (χ3n) is 7.57. The second-order valence-electron chi connectivity index (χ2n) is 10.2. The zero-order chi connectivity index (χ0) is 27.8. The first-order chi connectivity index (χ1) is 19.4. The smallest absolute Gasteiger partial charge is 0.249 e. The molecule has 1 aliphatic heterocycles. The van der Waals surface area contributed by atoms with Crippen LogP contribution in [0.5, 0.6) is 0 Å². The van der Waals surface area contributed by atoms with Crippen molar-refractivity contribution in [3.8, 4) is 5.82 Å². The summed E-state index contributed by atoms with van der Waals surface area (Å²) in [6, 6.07) is 21.8. The maximum absolute atomic E-state index is 13.3. The molecule has 0 atom stereocenters. The number of rotatable bonds is 7. The Morgan fingerprint density at radius 1 is 0.950 bits per heavy atom. The number of hydrogen-bond donors (Lipinski definition) is 2. The number of fused-ring (bicyclic) bond motifs is 2. The minimum absolute atomic E-state index is 0.0450. The van der Waals surface area contributed by atoms with Crippen LogP contribution < -0.4 is 11.1 Å². The van der Waals surface area contributed by atoms with Crippen molar-refractivity contribution in [1.29, 1.82) is 0 Å². The molecule has 3 N–H and O–H groups in total. The fourth-order valence-corrected chi connectivity index (χ4v) is 5.51. The third kappa shape index (κ3) is 4.69. The van der Waals surface area contributed by atoms with Gasteiger partial charge in [0.1, 0.15) is 18.0 Å². The molecule has 0 saturated carbocycles. The molecule has 6 rings (SSSR count). The lowest BCUT2D eigenvalue weighted by Gasteiger charge is -2.27. The van der Waals surface area contributed by atoms with Gasteiger partial charge < -0.3 is 25.3 Å². The van der Waals surface area contributed by atoms with E-state index in [2.05, 4.69) is 23.5 Å². The van der Waals surface area contributed by atoms with Gasteiger partial charge in [-0.2, -0.15) is 0 Å². The Kier molecular flexibility index (Phi) is 6.73. The summed E-state index contributed by atoms with van der Waals surface area (Å²) in [6.45, 7) is 7.12. The van der Waals surface area contributed by atoms with E-state index >= 15 is 0 Å². The summed E-state index contributed by atoms with van der Waals surface area (Å²) >= 11 is 0. The fourth-order valence-electron chi connectivity index (χ4n) is 5.51. The molecule has 0 radical (unpaired) electrons. The average molecular weight is 537 g/mol. The predicted octanol–water partition coefficient (Wildman–Crippen LogP) is 4.17. The first-order valence-electron chi connectivity index (χ1n) is 13.5. The van der Waals surface area contributed by atoms with E-state index in [1.807, 2.05) is 70.3 Å². The van der Waals surface area contributed by atoms with Crippen LogP contribution in [-0.2, 0) is 22.6 Å². The van der Waals surface area contributed by atoms with Crippen LogP contribution in [0.3, 0.4) is 0 Å². The SMILES string of the molecule is Cc1cc2c(NCc3ccccc3)cc(-n3c(C)cc4c(C(N)=O)cccc43)nc2n1CC(=O)N1CCOCC1. The van der Waals surface area contributed by atoms with Crippen molar-refractivity contribution >= 4 is 39.4 Å². The molecule has 204 valence electrons. The third-order valence-corrected chi connectivity index (χ3v) is 7.57. The molecule has 4 heterocycles. The Labute approximate surface area is 232 Å². The number of carbonyl (C=O) groups is 2. The van der Waals surface area contributed by atoms with E-state index < -0.39 is 5.91 Å². The lowest BCUT2D eigenvalue weighted by Crippen LogP contribution is -2.42. The predicted molar refractivity (Wildman–Crippen MR) is 156 cm³/mol. The summed E-state index contributed by atoms with van der Waals surface area (Å²) < 4.78 is 9.45. The number of anilines is 1. The molecule has 9 nitrogen and oxygen atoms in total. The number of nitrogens with zero attached hydrogens (tertiary/aromatic N) is 4. The number of nitrogens with two attached hydrogens (primary N) is 1. The van der Waals surface area contributed by atoms with Crippen molar-refractivity contribution in [2.45, 2.75) is 26.9 Å². The van der Waals surface area contributed by atoms with Crippen molar-refractivity contribution in [2.75, 3.05) is 31.6 Å². The lowest BCUT2D eigenvalue weighted by atomic mass is 10.1. The molecule has 1 saturated heterocycles. The summed E-state index contributed by atoms with van der Waals surface area (Å²) in [5.41, 5.74) is 11.7. The van der Waals surface area contributed by atoms with Crippen LogP contribution >= 0.6 is 0 Å². The molecular weight excluding hydrogens is 504 g/mol. The molecule has 9 heteroatoms. The molecule has 0 unspecified atom stereocenters. The number of hydrogen-bond acceptors (Lipinski definition) is 5. The van der Waals surface area contributed by atoms with Crippen molar-refractivity contribution < 1.29 is 14.3 Å². The van der Waals surface area contributed by atoms with Crippen LogP contribution in [0.1, 0.15) is 27.3 Å². The normalized spacial score (nSPS) is 13.7. The van der Waals surface area contributed by atoms with Gasteiger partial charge in [-0.1, -0.05) is 36.4 Å². The van der Waals surface area contributed by atoms with E-state index in [9.17, 15) is 9.59 Å². The van der Waals surface area contributed by atoms with Crippen LogP contribution in [0.4, 0.5) is 5.69 Å². The topological polar surface area (TPSA) is 107 Å². The van der Waals surface area contributed by atoms with Gasteiger partial charge in [0, 0.05) is 59.1 Å². The highest BCUT2D eigenvalue weighted by atomic mass is 16.5. The van der Waals surface area contributed by atoms with Crippen LogP contribution in [0.25, 0.3) is 27.8 Å². The standard InChI is InChI=1S/C31H32N6O3/c1-20-15-25-26(33-18-22-7-4-3-5-8-22)17-28(34-31(25)36(20)19-29(38)35-11-13-40-14-12-35)37-21(2)16-24-23(30(32)39)9-6-10-27(24)37/h3-10,15-17H,11-14,18-19H2,1-2H3,(H2,32,39)(H,33,34). The molecule has 0 aliphatic carbocycles. The number of carbonyl (C=O) groups excluding carboxylic acids is 2. The molecule has 0 spiro atoms. The van der Waals surface area contributed by atoms with Crippen molar-refractivity contribution in [2.24, 2.45) is 5.73 Å². The summed E-state index contributed by atoms with van der Waals surface area (Å²) in [6.07, 6.45) is 0. The number of primary amides is 1. The highest BCUT2D eigenvalue weighted by Crippen LogP contribution is 2.32. The number of amides is 2. The fraction of sp³-hybridized carbons (Fsp3) is 0.258.